The first-order valence-corrected chi connectivity index (χ1v) is 6.85. The van der Waals surface area contributed by atoms with Crippen LogP contribution in [0.5, 0.6) is 0 Å². The molecule has 0 saturated heterocycles. The van der Waals surface area contributed by atoms with Crippen molar-refractivity contribution in [3.8, 4) is 0 Å². The second-order valence-electron chi connectivity index (χ2n) is 4.56. The average Bonchev–Trinajstić information content (AvgIpc) is 2.40. The van der Waals surface area contributed by atoms with Crippen LogP contribution in [0.25, 0.3) is 0 Å². The van der Waals surface area contributed by atoms with E-state index in [1.54, 1.807) is 6.20 Å². The van der Waals surface area contributed by atoms with Gasteiger partial charge in [-0.05, 0) is 20.3 Å². The first kappa shape index (κ1) is 14.3. The summed E-state index contributed by atoms with van der Waals surface area (Å²) in [7, 11) is 0. The SMILES string of the molecule is CCOC1CC(N)C1Nc1cnn(CC)c(=O)c1Cl. The van der Waals surface area contributed by atoms with Crippen molar-refractivity contribution in [3.63, 3.8) is 0 Å². The van der Waals surface area contributed by atoms with Gasteiger partial charge in [0.05, 0.1) is 24.0 Å². The number of nitrogens with one attached hydrogen (secondary N) is 1. The highest BCUT2D eigenvalue weighted by Gasteiger charge is 2.39. The molecular weight excluding hydrogens is 268 g/mol. The Labute approximate surface area is 116 Å². The molecule has 3 unspecified atom stereocenters. The van der Waals surface area contributed by atoms with Crippen LogP contribution in [0.1, 0.15) is 20.3 Å². The Morgan fingerprint density at radius 3 is 2.95 bits per heavy atom. The molecule has 0 radical (unpaired) electrons. The van der Waals surface area contributed by atoms with Gasteiger partial charge in [0.1, 0.15) is 5.02 Å². The van der Waals surface area contributed by atoms with Crippen molar-refractivity contribution in [1.29, 1.82) is 0 Å². The molecule has 7 heteroatoms. The highest BCUT2D eigenvalue weighted by Crippen LogP contribution is 2.27. The van der Waals surface area contributed by atoms with Crippen LogP contribution < -0.4 is 16.6 Å². The highest BCUT2D eigenvalue weighted by molar-refractivity contribution is 6.32. The van der Waals surface area contributed by atoms with Crippen molar-refractivity contribution < 1.29 is 4.74 Å². The second kappa shape index (κ2) is 5.90. The smallest absolute Gasteiger partial charge is 0.287 e. The quantitative estimate of drug-likeness (QED) is 0.838. The maximum absolute atomic E-state index is 11.9. The standard InChI is InChI=1S/C12H19ClN4O2/c1-3-17-12(18)10(13)8(6-15-17)16-11-7(14)5-9(11)19-4-2/h6-7,9,11,16H,3-5,14H2,1-2H3. The maximum Gasteiger partial charge on any atom is 0.287 e. The molecule has 1 aromatic rings. The molecule has 6 nitrogen and oxygen atoms in total. The number of nitrogens with two attached hydrogens (primary N) is 1. The van der Waals surface area contributed by atoms with E-state index in [0.717, 1.165) is 6.42 Å². The van der Waals surface area contributed by atoms with Crippen molar-refractivity contribution in [2.75, 3.05) is 11.9 Å². The molecule has 0 aliphatic heterocycles. The summed E-state index contributed by atoms with van der Waals surface area (Å²) in [5, 5.41) is 7.35. The third-order valence-corrected chi connectivity index (χ3v) is 3.72. The normalized spacial score (nSPS) is 26.0. The van der Waals surface area contributed by atoms with Crippen molar-refractivity contribution in [3.05, 3.63) is 21.6 Å². The van der Waals surface area contributed by atoms with Gasteiger partial charge >= 0.3 is 0 Å². The van der Waals surface area contributed by atoms with E-state index in [-0.39, 0.29) is 28.8 Å². The molecule has 3 atom stereocenters. The predicted molar refractivity (Wildman–Crippen MR) is 74.6 cm³/mol. The van der Waals surface area contributed by atoms with E-state index in [4.69, 9.17) is 22.1 Å². The number of ether oxygens (including phenoxy) is 1. The number of halogens is 1. The second-order valence-corrected chi connectivity index (χ2v) is 4.93. The number of aryl methyl sites for hydroxylation is 1. The molecule has 2 rings (SSSR count). The Balaban J connectivity index is 2.15. The Kier molecular flexibility index (Phi) is 4.44. The summed E-state index contributed by atoms with van der Waals surface area (Å²) in [5.41, 5.74) is 6.16. The molecule has 1 saturated carbocycles. The lowest BCUT2D eigenvalue weighted by molar-refractivity contribution is -0.0126. The van der Waals surface area contributed by atoms with E-state index in [1.165, 1.54) is 4.68 Å². The summed E-state index contributed by atoms with van der Waals surface area (Å²) in [4.78, 5) is 11.9. The lowest BCUT2D eigenvalue weighted by Crippen LogP contribution is -2.60. The van der Waals surface area contributed by atoms with Gasteiger partial charge in [0.15, 0.2) is 0 Å². The summed E-state index contributed by atoms with van der Waals surface area (Å²) < 4.78 is 6.87. The summed E-state index contributed by atoms with van der Waals surface area (Å²) in [6.07, 6.45) is 2.42. The van der Waals surface area contributed by atoms with Crippen LogP contribution in [0.4, 0.5) is 5.69 Å². The van der Waals surface area contributed by atoms with Gasteiger partial charge in [0.25, 0.3) is 5.56 Å². The fourth-order valence-corrected chi connectivity index (χ4v) is 2.40. The van der Waals surface area contributed by atoms with E-state index < -0.39 is 0 Å². The molecule has 0 spiro atoms. The van der Waals surface area contributed by atoms with Crippen molar-refractivity contribution >= 4 is 17.3 Å². The van der Waals surface area contributed by atoms with Crippen molar-refractivity contribution in [2.45, 2.75) is 45.0 Å². The summed E-state index contributed by atoms with van der Waals surface area (Å²) >= 11 is 6.06. The molecule has 0 bridgehead atoms. The number of hydrogen-bond donors (Lipinski definition) is 2. The molecule has 1 heterocycles. The topological polar surface area (TPSA) is 82.2 Å². The average molecular weight is 287 g/mol. The minimum Gasteiger partial charge on any atom is -0.376 e. The monoisotopic (exact) mass is 286 g/mol. The maximum atomic E-state index is 11.9. The first-order valence-electron chi connectivity index (χ1n) is 6.47. The summed E-state index contributed by atoms with van der Waals surface area (Å²) in [6.45, 7) is 4.91. The number of aromatic nitrogens is 2. The summed E-state index contributed by atoms with van der Waals surface area (Å²) in [6, 6.07) is -0.0302. The van der Waals surface area contributed by atoms with Gasteiger partial charge in [0.2, 0.25) is 0 Å². The minimum absolute atomic E-state index is 0.00113. The first-order chi connectivity index (χ1) is 9.08. The lowest BCUT2D eigenvalue weighted by Gasteiger charge is -2.43. The lowest BCUT2D eigenvalue weighted by atomic mass is 9.83. The van der Waals surface area contributed by atoms with Crippen LogP contribution in [-0.4, -0.2) is 34.6 Å². The van der Waals surface area contributed by atoms with Crippen LogP contribution in [0.15, 0.2) is 11.0 Å². The Morgan fingerprint density at radius 2 is 2.37 bits per heavy atom. The zero-order valence-electron chi connectivity index (χ0n) is 11.1. The van der Waals surface area contributed by atoms with Crippen LogP contribution in [0.3, 0.4) is 0 Å². The Hall–Kier alpha value is -1.11. The molecule has 0 amide bonds. The zero-order valence-corrected chi connectivity index (χ0v) is 11.9. The predicted octanol–water partition coefficient (Wildman–Crippen LogP) is 0.833. The number of hydrogen-bond acceptors (Lipinski definition) is 5. The van der Waals surface area contributed by atoms with E-state index in [1.807, 2.05) is 13.8 Å². The minimum atomic E-state index is -0.296. The Morgan fingerprint density at radius 1 is 1.63 bits per heavy atom. The van der Waals surface area contributed by atoms with Gasteiger partial charge in [-0.2, -0.15) is 5.10 Å². The number of rotatable bonds is 5. The van der Waals surface area contributed by atoms with Crippen LogP contribution in [0, 0.1) is 0 Å². The van der Waals surface area contributed by atoms with Crippen LogP contribution >= 0.6 is 11.6 Å². The molecule has 0 aromatic carbocycles. The van der Waals surface area contributed by atoms with Gasteiger partial charge < -0.3 is 15.8 Å². The third-order valence-electron chi connectivity index (χ3n) is 3.35. The van der Waals surface area contributed by atoms with Crippen LogP contribution in [-0.2, 0) is 11.3 Å². The molecule has 19 heavy (non-hydrogen) atoms. The fourth-order valence-electron chi connectivity index (χ4n) is 2.20. The molecule has 106 valence electrons. The van der Waals surface area contributed by atoms with Gasteiger partial charge in [-0.1, -0.05) is 11.6 Å². The van der Waals surface area contributed by atoms with Gasteiger partial charge in [-0.3, -0.25) is 4.79 Å². The van der Waals surface area contributed by atoms with E-state index in [0.29, 0.717) is 18.8 Å². The molecule has 1 aliphatic carbocycles. The molecule has 1 fully saturated rings. The molecule has 3 N–H and O–H groups in total. The number of anilines is 1. The molecular formula is C12H19ClN4O2. The zero-order chi connectivity index (χ0) is 14.0. The van der Waals surface area contributed by atoms with Crippen LogP contribution in [0.2, 0.25) is 5.02 Å². The van der Waals surface area contributed by atoms with E-state index in [9.17, 15) is 4.79 Å². The van der Waals surface area contributed by atoms with Gasteiger partial charge in [-0.25, -0.2) is 4.68 Å². The fraction of sp³-hybridized carbons (Fsp3) is 0.667. The molecule has 1 aliphatic rings. The number of nitrogens with zero attached hydrogens (tertiary/aromatic N) is 2. The highest BCUT2D eigenvalue weighted by atomic mass is 35.5. The summed E-state index contributed by atoms with van der Waals surface area (Å²) in [5.74, 6) is 0. The van der Waals surface area contributed by atoms with Crippen molar-refractivity contribution in [1.82, 2.24) is 9.78 Å². The van der Waals surface area contributed by atoms with Gasteiger partial charge in [-0.15, -0.1) is 0 Å². The van der Waals surface area contributed by atoms with Crippen molar-refractivity contribution in [2.24, 2.45) is 5.73 Å². The Bertz CT molecular complexity index is 503. The van der Waals surface area contributed by atoms with E-state index in [2.05, 4.69) is 10.4 Å². The largest absolute Gasteiger partial charge is 0.376 e. The van der Waals surface area contributed by atoms with E-state index >= 15 is 0 Å². The molecule has 1 aromatic heterocycles. The third kappa shape index (κ3) is 2.75. The van der Waals surface area contributed by atoms with Gasteiger partial charge in [0, 0.05) is 19.2 Å².